The summed E-state index contributed by atoms with van der Waals surface area (Å²) in [5, 5.41) is 6.25. The number of carbonyl (C=O) groups excluding carboxylic acids is 1. The predicted molar refractivity (Wildman–Crippen MR) is 35.3 cm³/mol. The van der Waals surface area contributed by atoms with Crippen molar-refractivity contribution in [2.24, 2.45) is 0 Å². The second kappa shape index (κ2) is 4.20. The molecule has 0 aliphatic rings. The maximum atomic E-state index is 12.5. The third kappa shape index (κ3) is 3.39. The first kappa shape index (κ1) is 11.9. The van der Waals surface area contributed by atoms with Crippen LogP contribution in [0.5, 0.6) is 0 Å². The number of carbonyl (C=O) groups is 1. The maximum absolute atomic E-state index is 12.5. The fourth-order valence-electron chi connectivity index (χ4n) is 0.477. The maximum Gasteiger partial charge on any atom is 0.432 e. The van der Waals surface area contributed by atoms with Gasteiger partial charge in [0.15, 0.2) is 5.71 Å². The van der Waals surface area contributed by atoms with E-state index < -0.39 is 24.0 Å². The summed E-state index contributed by atoms with van der Waals surface area (Å²) in [6.07, 6.45) is -8.19. The van der Waals surface area contributed by atoms with E-state index in [-0.39, 0.29) is 6.61 Å². The zero-order chi connectivity index (χ0) is 10.6. The van der Waals surface area contributed by atoms with Crippen molar-refractivity contribution < 1.29 is 27.1 Å². The fourth-order valence-corrected chi connectivity index (χ4v) is 0.477. The summed E-state index contributed by atoms with van der Waals surface area (Å²) in [6.45, 7) is 1.09. The standard InChI is InChI=1S/C6H7F4NO2/c1-2-13-5(12)3(7)4(11)6(8,9)10/h3,11H,2H2,1H3. The van der Waals surface area contributed by atoms with Crippen LogP contribution in [0.25, 0.3) is 0 Å². The number of ether oxygens (including phenoxy) is 1. The smallest absolute Gasteiger partial charge is 0.432 e. The molecule has 0 aromatic rings. The number of halogens is 4. The second-order valence-corrected chi connectivity index (χ2v) is 2.03. The van der Waals surface area contributed by atoms with E-state index in [1.54, 1.807) is 0 Å². The van der Waals surface area contributed by atoms with Gasteiger partial charge < -0.3 is 4.74 Å². The molecule has 0 fully saturated rings. The van der Waals surface area contributed by atoms with Crippen molar-refractivity contribution in [1.82, 2.24) is 0 Å². The Morgan fingerprint density at radius 2 is 2.00 bits per heavy atom. The lowest BCUT2D eigenvalue weighted by atomic mass is 10.2. The minimum Gasteiger partial charge on any atom is -0.464 e. The SMILES string of the molecule is CCOC(=O)C(F)C(=N)C(F)(F)F. The first-order valence-corrected chi connectivity index (χ1v) is 3.27. The van der Waals surface area contributed by atoms with Crippen LogP contribution in [0.1, 0.15) is 6.92 Å². The molecule has 0 rings (SSSR count). The van der Waals surface area contributed by atoms with Crippen LogP contribution in [-0.2, 0) is 9.53 Å². The minimum atomic E-state index is -5.13. The van der Waals surface area contributed by atoms with Gasteiger partial charge in [-0.15, -0.1) is 0 Å². The molecule has 0 aliphatic heterocycles. The van der Waals surface area contributed by atoms with Gasteiger partial charge in [0.25, 0.3) is 0 Å². The first-order chi connectivity index (χ1) is 5.80. The molecule has 0 aromatic carbocycles. The summed E-state index contributed by atoms with van der Waals surface area (Å²) in [5.74, 6) is -1.69. The van der Waals surface area contributed by atoms with Crippen molar-refractivity contribution in [1.29, 1.82) is 5.41 Å². The Kier molecular flexibility index (Phi) is 3.83. The van der Waals surface area contributed by atoms with Gasteiger partial charge in [-0.1, -0.05) is 0 Å². The molecule has 1 atom stereocenters. The molecule has 0 spiro atoms. The van der Waals surface area contributed by atoms with E-state index in [0.29, 0.717) is 0 Å². The number of nitrogens with one attached hydrogen (secondary N) is 1. The van der Waals surface area contributed by atoms with Crippen LogP contribution in [0.2, 0.25) is 0 Å². The molecule has 0 aromatic heterocycles. The Hall–Kier alpha value is -1.14. The average molecular weight is 201 g/mol. The third-order valence-electron chi connectivity index (χ3n) is 1.05. The fraction of sp³-hybridized carbons (Fsp3) is 0.667. The molecule has 0 heterocycles. The van der Waals surface area contributed by atoms with E-state index >= 15 is 0 Å². The largest absolute Gasteiger partial charge is 0.464 e. The Bertz CT molecular complexity index is 213. The van der Waals surface area contributed by atoms with Crippen molar-refractivity contribution in [3.05, 3.63) is 0 Å². The van der Waals surface area contributed by atoms with Gasteiger partial charge in [-0.2, -0.15) is 13.2 Å². The van der Waals surface area contributed by atoms with Gasteiger partial charge in [0.1, 0.15) is 0 Å². The summed E-state index contributed by atoms with van der Waals surface area (Å²) in [5.41, 5.74) is -2.24. The number of rotatable bonds is 3. The molecule has 1 unspecified atom stereocenters. The van der Waals surface area contributed by atoms with E-state index in [1.807, 2.05) is 0 Å². The molecule has 0 bridgehead atoms. The number of alkyl halides is 4. The van der Waals surface area contributed by atoms with Crippen LogP contribution in [0, 0.1) is 5.41 Å². The molecule has 0 saturated heterocycles. The summed E-state index contributed by atoms with van der Waals surface area (Å²) < 4.78 is 51.3. The molecular weight excluding hydrogens is 194 g/mol. The predicted octanol–water partition coefficient (Wildman–Crippen LogP) is 1.47. The van der Waals surface area contributed by atoms with Crippen molar-refractivity contribution >= 4 is 11.7 Å². The van der Waals surface area contributed by atoms with Gasteiger partial charge in [-0.05, 0) is 6.92 Å². The van der Waals surface area contributed by atoms with E-state index in [1.165, 1.54) is 6.92 Å². The topological polar surface area (TPSA) is 50.2 Å². The lowest BCUT2D eigenvalue weighted by Gasteiger charge is -2.11. The normalized spacial score (nSPS) is 13.6. The number of hydrogen-bond acceptors (Lipinski definition) is 3. The molecule has 0 radical (unpaired) electrons. The first-order valence-electron chi connectivity index (χ1n) is 3.27. The third-order valence-corrected chi connectivity index (χ3v) is 1.05. The number of hydrogen-bond donors (Lipinski definition) is 1. The second-order valence-electron chi connectivity index (χ2n) is 2.03. The Morgan fingerprint density at radius 3 is 2.31 bits per heavy atom. The summed E-state index contributed by atoms with van der Waals surface area (Å²) in [4.78, 5) is 10.4. The molecule has 7 heteroatoms. The molecule has 0 amide bonds. The zero-order valence-electron chi connectivity index (χ0n) is 6.61. The highest BCUT2D eigenvalue weighted by molar-refractivity contribution is 6.06. The van der Waals surface area contributed by atoms with Crippen molar-refractivity contribution in [2.45, 2.75) is 19.3 Å². The van der Waals surface area contributed by atoms with Crippen LogP contribution in [-0.4, -0.2) is 30.6 Å². The lowest BCUT2D eigenvalue weighted by molar-refractivity contribution is -0.148. The Labute approximate surface area is 71.2 Å². The molecule has 3 nitrogen and oxygen atoms in total. The summed E-state index contributed by atoms with van der Waals surface area (Å²) in [7, 11) is 0. The van der Waals surface area contributed by atoms with E-state index in [2.05, 4.69) is 4.74 Å². The van der Waals surface area contributed by atoms with Gasteiger partial charge in [0.2, 0.25) is 6.17 Å². The van der Waals surface area contributed by atoms with Gasteiger partial charge >= 0.3 is 12.1 Å². The van der Waals surface area contributed by atoms with Crippen LogP contribution < -0.4 is 0 Å². The average Bonchev–Trinajstić information content (AvgIpc) is 2.00. The van der Waals surface area contributed by atoms with Crippen LogP contribution in [0.3, 0.4) is 0 Å². The highest BCUT2D eigenvalue weighted by Crippen LogP contribution is 2.20. The molecule has 76 valence electrons. The van der Waals surface area contributed by atoms with Gasteiger partial charge in [0.05, 0.1) is 6.61 Å². The lowest BCUT2D eigenvalue weighted by Crippen LogP contribution is -2.37. The minimum absolute atomic E-state index is 0.232. The van der Waals surface area contributed by atoms with Gasteiger partial charge in [-0.25, -0.2) is 9.18 Å². The van der Waals surface area contributed by atoms with Crippen molar-refractivity contribution in [3.63, 3.8) is 0 Å². The van der Waals surface area contributed by atoms with Crippen LogP contribution >= 0.6 is 0 Å². The van der Waals surface area contributed by atoms with E-state index in [9.17, 15) is 22.4 Å². The molecular formula is C6H7F4NO2. The Morgan fingerprint density at radius 1 is 1.54 bits per heavy atom. The molecule has 0 saturated carbocycles. The van der Waals surface area contributed by atoms with Crippen LogP contribution in [0.4, 0.5) is 17.6 Å². The highest BCUT2D eigenvalue weighted by atomic mass is 19.4. The quantitative estimate of drug-likeness (QED) is 0.427. The summed E-state index contributed by atoms with van der Waals surface area (Å²) in [6, 6.07) is 0. The molecule has 13 heavy (non-hydrogen) atoms. The van der Waals surface area contributed by atoms with Crippen molar-refractivity contribution in [2.75, 3.05) is 6.61 Å². The highest BCUT2D eigenvalue weighted by Gasteiger charge is 2.43. The summed E-state index contributed by atoms with van der Waals surface area (Å²) >= 11 is 0. The van der Waals surface area contributed by atoms with Gasteiger partial charge in [0, 0.05) is 0 Å². The Balaban J connectivity index is 4.35. The molecule has 1 N–H and O–H groups in total. The number of esters is 1. The molecule has 0 aliphatic carbocycles. The zero-order valence-corrected chi connectivity index (χ0v) is 6.61. The van der Waals surface area contributed by atoms with Gasteiger partial charge in [-0.3, -0.25) is 5.41 Å². The monoisotopic (exact) mass is 201 g/mol. The van der Waals surface area contributed by atoms with E-state index in [0.717, 1.165) is 0 Å². The van der Waals surface area contributed by atoms with Crippen molar-refractivity contribution in [3.8, 4) is 0 Å². The van der Waals surface area contributed by atoms with E-state index in [4.69, 9.17) is 5.41 Å². The van der Waals surface area contributed by atoms with Crippen LogP contribution in [0.15, 0.2) is 0 Å².